The van der Waals surface area contributed by atoms with Gasteiger partial charge in [0.1, 0.15) is 0 Å². The monoisotopic (exact) mass is 248 g/mol. The molecule has 5 nitrogen and oxygen atoms in total. The maximum atomic E-state index is 11.4. The van der Waals surface area contributed by atoms with E-state index in [1.54, 1.807) is 0 Å². The second kappa shape index (κ2) is 5.63. The van der Waals surface area contributed by atoms with Crippen LogP contribution < -0.4 is 10.0 Å². The molecule has 0 spiro atoms. The van der Waals surface area contributed by atoms with Gasteiger partial charge < -0.3 is 5.32 Å². The first-order valence-corrected chi connectivity index (χ1v) is 7.24. The highest BCUT2D eigenvalue weighted by Gasteiger charge is 2.36. The molecule has 0 saturated heterocycles. The first kappa shape index (κ1) is 13.4. The Morgan fingerprint density at radius 1 is 1.38 bits per heavy atom. The van der Waals surface area contributed by atoms with E-state index in [-0.39, 0.29) is 11.7 Å². The van der Waals surface area contributed by atoms with Crippen LogP contribution in [0.25, 0.3) is 0 Å². The minimum absolute atomic E-state index is 0.256. The van der Waals surface area contributed by atoms with Crippen LogP contribution in [0.2, 0.25) is 0 Å². The van der Waals surface area contributed by atoms with Crippen LogP contribution in [0.3, 0.4) is 0 Å². The van der Waals surface area contributed by atoms with Crippen LogP contribution in [0.15, 0.2) is 0 Å². The SMILES string of the molecule is CC(C)NCCCC(=O)NS(=O)(=O)C1CC1. The standard InChI is InChI=1S/C10H20N2O3S/c1-8(2)11-7-3-4-10(13)12-16(14,15)9-5-6-9/h8-9,11H,3-7H2,1-2H3,(H,12,13). The highest BCUT2D eigenvalue weighted by Crippen LogP contribution is 2.27. The molecular weight excluding hydrogens is 228 g/mol. The molecule has 0 atom stereocenters. The average molecular weight is 248 g/mol. The lowest BCUT2D eigenvalue weighted by Crippen LogP contribution is -2.33. The summed E-state index contributed by atoms with van der Waals surface area (Å²) in [5.41, 5.74) is 0. The second-order valence-corrected chi connectivity index (χ2v) is 6.44. The van der Waals surface area contributed by atoms with Crippen LogP contribution in [-0.2, 0) is 14.8 Å². The van der Waals surface area contributed by atoms with E-state index in [1.165, 1.54) is 0 Å². The van der Waals surface area contributed by atoms with Crippen molar-refractivity contribution in [2.45, 2.75) is 50.8 Å². The predicted octanol–water partition coefficient (Wildman–Crippen LogP) is 0.373. The third-order valence-electron chi connectivity index (χ3n) is 2.35. The summed E-state index contributed by atoms with van der Waals surface area (Å²) in [6, 6.07) is 0.387. The highest BCUT2D eigenvalue weighted by atomic mass is 32.2. The van der Waals surface area contributed by atoms with E-state index in [4.69, 9.17) is 0 Å². The van der Waals surface area contributed by atoms with Gasteiger partial charge in [-0.2, -0.15) is 0 Å². The van der Waals surface area contributed by atoms with E-state index in [1.807, 2.05) is 13.8 Å². The van der Waals surface area contributed by atoms with E-state index in [2.05, 4.69) is 10.0 Å². The van der Waals surface area contributed by atoms with Gasteiger partial charge in [-0.3, -0.25) is 9.52 Å². The zero-order chi connectivity index (χ0) is 12.2. The van der Waals surface area contributed by atoms with E-state index >= 15 is 0 Å². The van der Waals surface area contributed by atoms with Gasteiger partial charge in [-0.05, 0) is 25.8 Å². The van der Waals surface area contributed by atoms with Crippen molar-refractivity contribution in [1.29, 1.82) is 0 Å². The molecule has 0 radical (unpaired) electrons. The molecular formula is C10H20N2O3S. The number of hydrogen-bond acceptors (Lipinski definition) is 4. The van der Waals surface area contributed by atoms with E-state index in [9.17, 15) is 13.2 Å². The minimum atomic E-state index is -3.36. The lowest BCUT2D eigenvalue weighted by atomic mass is 10.3. The molecule has 1 rings (SSSR count). The molecule has 0 aromatic carbocycles. The molecule has 1 aliphatic rings. The fourth-order valence-corrected chi connectivity index (χ4v) is 2.65. The van der Waals surface area contributed by atoms with Crippen LogP contribution in [0, 0.1) is 0 Å². The molecule has 2 N–H and O–H groups in total. The summed E-state index contributed by atoms with van der Waals surface area (Å²) in [5.74, 6) is -0.391. The lowest BCUT2D eigenvalue weighted by molar-refractivity contribution is -0.119. The summed E-state index contributed by atoms with van der Waals surface area (Å²) in [7, 11) is -3.36. The Labute approximate surface area is 97.0 Å². The minimum Gasteiger partial charge on any atom is -0.315 e. The highest BCUT2D eigenvalue weighted by molar-refractivity contribution is 7.90. The Balaban J connectivity index is 2.16. The molecule has 0 unspecified atom stereocenters. The molecule has 1 aliphatic carbocycles. The Morgan fingerprint density at radius 2 is 2.00 bits per heavy atom. The number of hydrogen-bond donors (Lipinski definition) is 2. The number of nitrogens with one attached hydrogen (secondary N) is 2. The van der Waals surface area contributed by atoms with Crippen LogP contribution in [0.4, 0.5) is 0 Å². The van der Waals surface area contributed by atoms with Crippen molar-refractivity contribution in [3.63, 3.8) is 0 Å². The zero-order valence-corrected chi connectivity index (χ0v) is 10.6. The van der Waals surface area contributed by atoms with Crippen molar-refractivity contribution in [3.05, 3.63) is 0 Å². The third kappa shape index (κ3) is 4.94. The van der Waals surface area contributed by atoms with Crippen molar-refractivity contribution >= 4 is 15.9 Å². The Bertz CT molecular complexity index is 334. The summed E-state index contributed by atoms with van der Waals surface area (Å²) in [4.78, 5) is 11.3. The van der Waals surface area contributed by atoms with Gasteiger partial charge in [0, 0.05) is 12.5 Å². The molecule has 0 bridgehead atoms. The topological polar surface area (TPSA) is 75.3 Å². The zero-order valence-electron chi connectivity index (χ0n) is 9.82. The molecule has 1 amide bonds. The van der Waals surface area contributed by atoms with Gasteiger partial charge in [0.05, 0.1) is 5.25 Å². The van der Waals surface area contributed by atoms with Gasteiger partial charge in [0.2, 0.25) is 15.9 Å². The molecule has 1 fully saturated rings. The summed E-state index contributed by atoms with van der Waals surface area (Å²) in [6.07, 6.45) is 2.27. The van der Waals surface area contributed by atoms with Crippen molar-refractivity contribution in [2.24, 2.45) is 0 Å². The van der Waals surface area contributed by atoms with E-state index in [0.29, 0.717) is 25.3 Å². The quantitative estimate of drug-likeness (QED) is 0.638. The van der Waals surface area contributed by atoms with Gasteiger partial charge >= 0.3 is 0 Å². The Hall–Kier alpha value is -0.620. The summed E-state index contributed by atoms with van der Waals surface area (Å²) < 4.78 is 24.9. The maximum Gasteiger partial charge on any atom is 0.237 e. The van der Waals surface area contributed by atoms with Crippen LogP contribution in [0.5, 0.6) is 0 Å². The number of sulfonamides is 1. The third-order valence-corrected chi connectivity index (χ3v) is 4.21. The van der Waals surface area contributed by atoms with Crippen molar-refractivity contribution in [3.8, 4) is 0 Å². The van der Waals surface area contributed by atoms with Gasteiger partial charge in [0.25, 0.3) is 0 Å². The number of rotatable bonds is 7. The molecule has 6 heteroatoms. The fourth-order valence-electron chi connectivity index (χ4n) is 1.31. The first-order valence-electron chi connectivity index (χ1n) is 5.69. The van der Waals surface area contributed by atoms with Gasteiger partial charge in [0.15, 0.2) is 0 Å². The number of amides is 1. The maximum absolute atomic E-state index is 11.4. The first-order chi connectivity index (χ1) is 7.42. The normalized spacial score (nSPS) is 16.4. The van der Waals surface area contributed by atoms with Gasteiger partial charge in [-0.15, -0.1) is 0 Å². The number of carbonyl (C=O) groups is 1. The molecule has 0 aromatic heterocycles. The van der Waals surface area contributed by atoms with Gasteiger partial charge in [-0.1, -0.05) is 13.8 Å². The van der Waals surface area contributed by atoms with Gasteiger partial charge in [-0.25, -0.2) is 8.42 Å². The summed E-state index contributed by atoms with van der Waals surface area (Å²) >= 11 is 0. The lowest BCUT2D eigenvalue weighted by Gasteiger charge is -2.08. The smallest absolute Gasteiger partial charge is 0.237 e. The molecule has 0 aromatic rings. The second-order valence-electron chi connectivity index (χ2n) is 4.48. The van der Waals surface area contributed by atoms with Crippen molar-refractivity contribution < 1.29 is 13.2 Å². The largest absolute Gasteiger partial charge is 0.315 e. The van der Waals surface area contributed by atoms with E-state index in [0.717, 1.165) is 6.54 Å². The Kier molecular flexibility index (Phi) is 4.73. The molecule has 0 aliphatic heterocycles. The molecule has 0 heterocycles. The van der Waals surface area contributed by atoms with E-state index < -0.39 is 15.9 Å². The predicted molar refractivity (Wildman–Crippen MR) is 62.5 cm³/mol. The summed E-state index contributed by atoms with van der Waals surface area (Å²) in [6.45, 7) is 4.78. The van der Waals surface area contributed by atoms with Crippen LogP contribution in [0.1, 0.15) is 39.5 Å². The Morgan fingerprint density at radius 3 is 2.50 bits per heavy atom. The van der Waals surface area contributed by atoms with Crippen molar-refractivity contribution in [1.82, 2.24) is 10.0 Å². The fraction of sp³-hybridized carbons (Fsp3) is 0.900. The molecule has 94 valence electrons. The molecule has 1 saturated carbocycles. The van der Waals surface area contributed by atoms with Crippen LogP contribution in [-0.4, -0.2) is 32.2 Å². The van der Waals surface area contributed by atoms with Crippen molar-refractivity contribution in [2.75, 3.05) is 6.54 Å². The summed E-state index contributed by atoms with van der Waals surface area (Å²) in [5, 5.41) is 2.84. The van der Waals surface area contributed by atoms with Crippen LogP contribution >= 0.6 is 0 Å². The number of carbonyl (C=O) groups excluding carboxylic acids is 1. The average Bonchev–Trinajstić information content (AvgIpc) is 2.94. The molecule has 16 heavy (non-hydrogen) atoms.